The van der Waals surface area contributed by atoms with Gasteiger partial charge < -0.3 is 4.98 Å². The van der Waals surface area contributed by atoms with Crippen molar-refractivity contribution in [3.05, 3.63) is 158 Å². The maximum atomic E-state index is 5.88. The molecule has 0 fully saturated rings. The molecule has 47 heavy (non-hydrogen) atoms. The summed E-state index contributed by atoms with van der Waals surface area (Å²) in [6, 6.07) is 50.8. The molecule has 0 atom stereocenters. The Hall–Kier alpha value is -4.55. The van der Waals surface area contributed by atoms with Crippen LogP contribution >= 0.6 is 0 Å². The molecule has 0 amide bonds. The average molecular weight is 849 g/mol. The van der Waals surface area contributed by atoms with Gasteiger partial charge in [-0.05, 0) is 11.8 Å². The summed E-state index contributed by atoms with van der Waals surface area (Å²) in [4.78, 5) is 9.26. The van der Waals surface area contributed by atoms with Crippen LogP contribution in [-0.4, -0.2) is 27.8 Å². The molecular formula is C41H33GeIrN3O-2. The Morgan fingerprint density at radius 3 is 2.15 bits per heavy atom. The molecule has 0 bridgehead atoms. The molecule has 0 saturated carbocycles. The van der Waals surface area contributed by atoms with E-state index in [9.17, 15) is 0 Å². The van der Waals surface area contributed by atoms with Crippen molar-refractivity contribution in [2.45, 2.75) is 17.3 Å². The summed E-state index contributed by atoms with van der Waals surface area (Å²) in [6.07, 6.45) is 4.97. The molecule has 6 heteroatoms. The minimum Gasteiger partial charge on any atom is -0.305 e. The van der Waals surface area contributed by atoms with Gasteiger partial charge in [-0.3, -0.25) is 0 Å². The standard InChI is InChI=1S/C30H25GeN2O.C11H8N.Ir/c1-31(2,3)23-15-18-29-25(19-23)26(20-34-29)30-32-27-11-7-8-12-28(27)33(30)24-16-13-22(14-17-24)21-9-5-4-6-10-21;1-2-6-10(7-3-1)11-8-4-5-9-12-11;/h4-19H,1-3H3;1-6,8-9H;/q2*-1;. The van der Waals surface area contributed by atoms with Crippen LogP contribution in [0.5, 0.6) is 0 Å². The molecule has 0 aliphatic carbocycles. The zero-order valence-corrected chi connectivity index (χ0v) is 30.9. The Morgan fingerprint density at radius 1 is 0.702 bits per heavy atom. The minimum absolute atomic E-state index is 0. The first-order chi connectivity index (χ1) is 22.5. The maximum Gasteiger partial charge on any atom is 0.0160 e. The summed E-state index contributed by atoms with van der Waals surface area (Å²) in [6.45, 7) is 0. The third-order valence-corrected chi connectivity index (χ3v) is 12.3. The van der Waals surface area contributed by atoms with Gasteiger partial charge in [-0.15, -0.1) is 35.9 Å². The van der Waals surface area contributed by atoms with Crippen molar-refractivity contribution in [1.82, 2.24) is 14.5 Å². The topological polar surface area (TPSA) is 43.9 Å². The zero-order valence-electron chi connectivity index (χ0n) is 26.4. The number of para-hydroxylation sites is 2. The number of aromatic nitrogens is 3. The average Bonchev–Trinajstić information content (AvgIpc) is 3.71. The van der Waals surface area contributed by atoms with E-state index in [1.165, 1.54) is 15.5 Å². The second kappa shape index (κ2) is 14.1. The van der Waals surface area contributed by atoms with E-state index in [1.807, 2.05) is 54.6 Å². The van der Waals surface area contributed by atoms with E-state index in [-0.39, 0.29) is 20.1 Å². The quantitative estimate of drug-likeness (QED) is 0.128. The Morgan fingerprint density at radius 2 is 1.43 bits per heavy atom. The SMILES string of the molecule is [CH3][Ge]([CH3])([CH3])[c]1ccc2o[c-]c(-c3nc4ccccc4n3-c3ccc(-c4ccccc4)cc3)c2c1.[Ir].[c-]1ccccc1-c1ccccn1. The molecule has 0 aliphatic rings. The molecule has 0 aliphatic heterocycles. The molecule has 3 aromatic heterocycles. The minimum atomic E-state index is -2.01. The predicted molar refractivity (Wildman–Crippen MR) is 192 cm³/mol. The first-order valence-electron chi connectivity index (χ1n) is 15.4. The van der Waals surface area contributed by atoms with Crippen molar-refractivity contribution >= 4 is 39.7 Å². The fourth-order valence-corrected chi connectivity index (χ4v) is 8.01. The van der Waals surface area contributed by atoms with Crippen LogP contribution in [0.3, 0.4) is 0 Å². The van der Waals surface area contributed by atoms with Crippen molar-refractivity contribution in [3.8, 4) is 39.5 Å². The number of nitrogens with zero attached hydrogens (tertiary/aromatic N) is 3. The van der Waals surface area contributed by atoms with Gasteiger partial charge in [0.25, 0.3) is 0 Å². The van der Waals surface area contributed by atoms with Crippen molar-refractivity contribution in [2.75, 3.05) is 0 Å². The van der Waals surface area contributed by atoms with Gasteiger partial charge in [0, 0.05) is 26.3 Å². The van der Waals surface area contributed by atoms with E-state index in [0.717, 1.165) is 50.3 Å². The maximum absolute atomic E-state index is 5.88. The van der Waals surface area contributed by atoms with Crippen molar-refractivity contribution in [3.63, 3.8) is 0 Å². The van der Waals surface area contributed by atoms with Crippen LogP contribution in [0.2, 0.25) is 17.3 Å². The van der Waals surface area contributed by atoms with Gasteiger partial charge in [0.1, 0.15) is 0 Å². The molecule has 3 heterocycles. The number of pyridine rings is 1. The normalized spacial score (nSPS) is 11.1. The first kappa shape index (κ1) is 32.4. The Labute approximate surface area is 291 Å². The Bertz CT molecular complexity index is 2180. The predicted octanol–water partition coefficient (Wildman–Crippen LogP) is 10.00. The fourth-order valence-electron chi connectivity index (χ4n) is 5.57. The summed E-state index contributed by atoms with van der Waals surface area (Å²) in [7, 11) is 0. The van der Waals surface area contributed by atoms with Crippen LogP contribution in [0.25, 0.3) is 61.5 Å². The molecule has 5 aromatic carbocycles. The molecular weight excluding hydrogens is 815 g/mol. The third kappa shape index (κ3) is 6.94. The van der Waals surface area contributed by atoms with Crippen LogP contribution in [0.15, 0.2) is 150 Å². The number of rotatable bonds is 5. The molecule has 233 valence electrons. The zero-order chi connectivity index (χ0) is 31.5. The van der Waals surface area contributed by atoms with E-state index in [0.29, 0.717) is 0 Å². The van der Waals surface area contributed by atoms with Gasteiger partial charge in [-0.2, -0.15) is 0 Å². The van der Waals surface area contributed by atoms with E-state index in [4.69, 9.17) is 9.40 Å². The van der Waals surface area contributed by atoms with Gasteiger partial charge in [-0.1, -0.05) is 30.3 Å². The first-order valence-corrected chi connectivity index (χ1v) is 22.8. The van der Waals surface area contributed by atoms with Crippen LogP contribution in [0, 0.1) is 12.3 Å². The van der Waals surface area contributed by atoms with E-state index in [1.54, 1.807) is 6.20 Å². The van der Waals surface area contributed by atoms with Gasteiger partial charge in [-0.25, -0.2) is 0 Å². The molecule has 0 saturated heterocycles. The van der Waals surface area contributed by atoms with Crippen LogP contribution in [0.1, 0.15) is 0 Å². The van der Waals surface area contributed by atoms with E-state index < -0.39 is 13.3 Å². The van der Waals surface area contributed by atoms with Gasteiger partial charge in [0.15, 0.2) is 0 Å². The molecule has 8 rings (SSSR count). The number of furan rings is 1. The van der Waals surface area contributed by atoms with Gasteiger partial charge >= 0.3 is 184 Å². The molecule has 8 aromatic rings. The van der Waals surface area contributed by atoms with Gasteiger partial charge in [0.05, 0.1) is 0 Å². The number of hydrogen-bond donors (Lipinski definition) is 0. The van der Waals surface area contributed by atoms with Gasteiger partial charge in [0.2, 0.25) is 0 Å². The van der Waals surface area contributed by atoms with E-state index >= 15 is 0 Å². The summed E-state index contributed by atoms with van der Waals surface area (Å²) in [5.41, 5.74) is 9.26. The number of benzene rings is 5. The summed E-state index contributed by atoms with van der Waals surface area (Å²) in [5, 5.41) is 1.08. The number of hydrogen-bond acceptors (Lipinski definition) is 3. The van der Waals surface area contributed by atoms with Crippen LogP contribution < -0.4 is 4.40 Å². The summed E-state index contributed by atoms with van der Waals surface area (Å²) >= 11 is -2.01. The Kier molecular flexibility index (Phi) is 9.69. The second-order valence-electron chi connectivity index (χ2n) is 12.2. The molecule has 1 radical (unpaired) electrons. The number of fused-ring (bicyclic) bond motifs is 2. The third-order valence-electron chi connectivity index (χ3n) is 8.04. The van der Waals surface area contributed by atoms with Crippen molar-refractivity contribution in [2.24, 2.45) is 0 Å². The summed E-state index contributed by atoms with van der Waals surface area (Å²) < 4.78 is 9.54. The largest absolute Gasteiger partial charge is 0.305 e. The molecule has 4 nitrogen and oxygen atoms in total. The number of imidazole rings is 1. The van der Waals surface area contributed by atoms with Crippen molar-refractivity contribution in [1.29, 1.82) is 0 Å². The van der Waals surface area contributed by atoms with E-state index in [2.05, 4.69) is 124 Å². The van der Waals surface area contributed by atoms with Crippen LogP contribution in [0.4, 0.5) is 0 Å². The second-order valence-corrected chi connectivity index (χ2v) is 22.9. The smallest absolute Gasteiger partial charge is 0.0160 e. The van der Waals surface area contributed by atoms with Crippen molar-refractivity contribution < 1.29 is 24.5 Å². The molecule has 0 N–H and O–H groups in total. The monoisotopic (exact) mass is 850 g/mol. The fraction of sp³-hybridized carbons (Fsp3) is 0.0732. The Balaban J connectivity index is 0.000000250. The molecule has 0 unspecified atom stereocenters. The summed E-state index contributed by atoms with van der Waals surface area (Å²) in [5.74, 6) is 8.09. The molecule has 0 spiro atoms. The van der Waals surface area contributed by atoms with Crippen LogP contribution in [-0.2, 0) is 20.1 Å².